The number of nitrogens with one attached hydrogen (secondary N) is 2. The highest BCUT2D eigenvalue weighted by atomic mass is 16.5. The number of piperidine rings is 1. The minimum Gasteiger partial charge on any atom is -0.496 e. The SMILES string of the molecule is COc1ccccc1C(C)CC(=O)N[C@H]1CCCNC1. The molecule has 1 saturated heterocycles. The number of para-hydroxylation sites is 1. The molecule has 1 aromatic rings. The van der Waals surface area contributed by atoms with E-state index in [2.05, 4.69) is 17.6 Å². The Kier molecular flexibility index (Phi) is 5.41. The molecule has 0 radical (unpaired) electrons. The first-order valence-electron chi connectivity index (χ1n) is 7.33. The Labute approximate surface area is 120 Å². The first-order valence-corrected chi connectivity index (χ1v) is 7.33. The molecule has 1 heterocycles. The molecule has 0 saturated carbocycles. The summed E-state index contributed by atoms with van der Waals surface area (Å²) in [6.07, 6.45) is 2.70. The number of rotatable bonds is 5. The lowest BCUT2D eigenvalue weighted by molar-refractivity contribution is -0.122. The second kappa shape index (κ2) is 7.29. The highest BCUT2D eigenvalue weighted by molar-refractivity contribution is 5.77. The summed E-state index contributed by atoms with van der Waals surface area (Å²) >= 11 is 0. The van der Waals surface area contributed by atoms with Crippen LogP contribution in [0.25, 0.3) is 0 Å². The second-order valence-corrected chi connectivity index (χ2v) is 5.46. The lowest BCUT2D eigenvalue weighted by Gasteiger charge is -2.24. The van der Waals surface area contributed by atoms with Gasteiger partial charge in [0, 0.05) is 19.0 Å². The number of hydrogen-bond donors (Lipinski definition) is 2. The van der Waals surface area contributed by atoms with Crippen LogP contribution >= 0.6 is 0 Å². The first kappa shape index (κ1) is 14.9. The standard InChI is InChI=1S/C16H24N2O2/c1-12(14-7-3-4-8-15(14)20-2)10-16(19)18-13-6-5-9-17-11-13/h3-4,7-8,12-13,17H,5-6,9-11H2,1-2H3,(H,18,19)/t12?,13-/m0/s1. The van der Waals surface area contributed by atoms with Gasteiger partial charge in [0.05, 0.1) is 7.11 Å². The smallest absolute Gasteiger partial charge is 0.220 e. The molecule has 20 heavy (non-hydrogen) atoms. The zero-order valence-corrected chi connectivity index (χ0v) is 12.3. The number of benzene rings is 1. The van der Waals surface area contributed by atoms with E-state index in [0.717, 1.165) is 37.2 Å². The van der Waals surface area contributed by atoms with Gasteiger partial charge < -0.3 is 15.4 Å². The molecule has 4 nitrogen and oxygen atoms in total. The summed E-state index contributed by atoms with van der Waals surface area (Å²) in [5, 5.41) is 6.42. The summed E-state index contributed by atoms with van der Waals surface area (Å²) in [7, 11) is 1.67. The van der Waals surface area contributed by atoms with Crippen LogP contribution in [0.5, 0.6) is 5.75 Å². The van der Waals surface area contributed by atoms with Gasteiger partial charge in [-0.25, -0.2) is 0 Å². The molecule has 4 heteroatoms. The van der Waals surface area contributed by atoms with Gasteiger partial charge in [0.1, 0.15) is 5.75 Å². The van der Waals surface area contributed by atoms with Crippen LogP contribution in [0, 0.1) is 0 Å². The Balaban J connectivity index is 1.89. The number of carbonyl (C=O) groups is 1. The van der Waals surface area contributed by atoms with Gasteiger partial charge in [-0.2, -0.15) is 0 Å². The molecule has 0 aliphatic carbocycles. The van der Waals surface area contributed by atoms with Crippen molar-refractivity contribution in [2.45, 2.75) is 38.1 Å². The molecule has 1 aromatic carbocycles. The van der Waals surface area contributed by atoms with Gasteiger partial charge in [-0.05, 0) is 36.9 Å². The molecule has 1 fully saturated rings. The Morgan fingerprint density at radius 3 is 3.00 bits per heavy atom. The van der Waals surface area contributed by atoms with Crippen LogP contribution in [0.15, 0.2) is 24.3 Å². The zero-order valence-electron chi connectivity index (χ0n) is 12.3. The molecule has 110 valence electrons. The van der Waals surface area contributed by atoms with Crippen molar-refractivity contribution in [3.05, 3.63) is 29.8 Å². The van der Waals surface area contributed by atoms with E-state index in [-0.39, 0.29) is 17.9 Å². The quantitative estimate of drug-likeness (QED) is 0.865. The molecular weight excluding hydrogens is 252 g/mol. The molecule has 0 aromatic heterocycles. The number of ether oxygens (including phenoxy) is 1. The third-order valence-corrected chi connectivity index (χ3v) is 3.82. The average molecular weight is 276 g/mol. The Hall–Kier alpha value is -1.55. The maximum atomic E-state index is 12.1. The van der Waals surface area contributed by atoms with Crippen molar-refractivity contribution >= 4 is 5.91 Å². The van der Waals surface area contributed by atoms with Crippen molar-refractivity contribution < 1.29 is 9.53 Å². The van der Waals surface area contributed by atoms with Crippen LogP contribution in [0.3, 0.4) is 0 Å². The van der Waals surface area contributed by atoms with Crippen molar-refractivity contribution in [1.29, 1.82) is 0 Å². The molecule has 0 spiro atoms. The van der Waals surface area contributed by atoms with Crippen molar-refractivity contribution in [2.24, 2.45) is 0 Å². The van der Waals surface area contributed by atoms with Crippen LogP contribution in [-0.2, 0) is 4.79 Å². The summed E-state index contributed by atoms with van der Waals surface area (Å²) < 4.78 is 5.36. The van der Waals surface area contributed by atoms with Crippen LogP contribution < -0.4 is 15.4 Å². The van der Waals surface area contributed by atoms with Gasteiger partial charge in [-0.1, -0.05) is 25.1 Å². The molecule has 1 aliphatic heterocycles. The molecule has 1 aliphatic rings. The van der Waals surface area contributed by atoms with E-state index in [1.165, 1.54) is 0 Å². The molecule has 2 atom stereocenters. The van der Waals surface area contributed by atoms with Gasteiger partial charge in [0.15, 0.2) is 0 Å². The molecule has 2 rings (SSSR count). The van der Waals surface area contributed by atoms with Gasteiger partial charge in [0.2, 0.25) is 5.91 Å². The minimum absolute atomic E-state index is 0.122. The van der Waals surface area contributed by atoms with E-state index in [1.807, 2.05) is 24.3 Å². The highest BCUT2D eigenvalue weighted by Gasteiger charge is 2.19. The van der Waals surface area contributed by atoms with Gasteiger partial charge in [-0.3, -0.25) is 4.79 Å². The van der Waals surface area contributed by atoms with Crippen LogP contribution in [0.2, 0.25) is 0 Å². The number of hydrogen-bond acceptors (Lipinski definition) is 3. The molecule has 1 amide bonds. The van der Waals surface area contributed by atoms with Crippen LogP contribution in [0.4, 0.5) is 0 Å². The largest absolute Gasteiger partial charge is 0.496 e. The molecular formula is C16H24N2O2. The maximum Gasteiger partial charge on any atom is 0.220 e. The minimum atomic E-state index is 0.122. The number of methoxy groups -OCH3 is 1. The third kappa shape index (κ3) is 3.97. The van der Waals surface area contributed by atoms with Crippen molar-refractivity contribution in [2.75, 3.05) is 20.2 Å². The lowest BCUT2D eigenvalue weighted by Crippen LogP contribution is -2.45. The van der Waals surface area contributed by atoms with Crippen molar-refractivity contribution in [3.63, 3.8) is 0 Å². The summed E-state index contributed by atoms with van der Waals surface area (Å²) in [4.78, 5) is 12.1. The highest BCUT2D eigenvalue weighted by Crippen LogP contribution is 2.28. The topological polar surface area (TPSA) is 50.4 Å². The number of amides is 1. The van der Waals surface area contributed by atoms with E-state index in [1.54, 1.807) is 7.11 Å². The number of carbonyl (C=O) groups excluding carboxylic acids is 1. The molecule has 1 unspecified atom stereocenters. The van der Waals surface area contributed by atoms with E-state index in [0.29, 0.717) is 6.42 Å². The third-order valence-electron chi connectivity index (χ3n) is 3.82. The lowest BCUT2D eigenvalue weighted by atomic mass is 9.96. The zero-order chi connectivity index (χ0) is 14.4. The predicted molar refractivity (Wildman–Crippen MR) is 80.1 cm³/mol. The van der Waals surface area contributed by atoms with Crippen LogP contribution in [-0.4, -0.2) is 32.1 Å². The molecule has 2 N–H and O–H groups in total. The average Bonchev–Trinajstić information content (AvgIpc) is 2.48. The molecule has 0 bridgehead atoms. The second-order valence-electron chi connectivity index (χ2n) is 5.46. The fourth-order valence-electron chi connectivity index (χ4n) is 2.72. The van der Waals surface area contributed by atoms with Crippen LogP contribution in [0.1, 0.15) is 37.7 Å². The summed E-state index contributed by atoms with van der Waals surface area (Å²) in [6.45, 7) is 4.01. The summed E-state index contributed by atoms with van der Waals surface area (Å²) in [6, 6.07) is 8.18. The monoisotopic (exact) mass is 276 g/mol. The van der Waals surface area contributed by atoms with Crippen molar-refractivity contribution in [3.8, 4) is 5.75 Å². The summed E-state index contributed by atoms with van der Waals surface area (Å²) in [5.41, 5.74) is 1.09. The normalized spacial score (nSPS) is 20.2. The predicted octanol–water partition coefficient (Wildman–Crippen LogP) is 2.06. The first-order chi connectivity index (χ1) is 9.70. The maximum absolute atomic E-state index is 12.1. The van der Waals surface area contributed by atoms with E-state index in [9.17, 15) is 4.79 Å². The van der Waals surface area contributed by atoms with Gasteiger partial charge in [-0.15, -0.1) is 0 Å². The Morgan fingerprint density at radius 1 is 1.50 bits per heavy atom. The van der Waals surface area contributed by atoms with Crippen molar-refractivity contribution in [1.82, 2.24) is 10.6 Å². The fraction of sp³-hybridized carbons (Fsp3) is 0.562. The van der Waals surface area contributed by atoms with E-state index < -0.39 is 0 Å². The Morgan fingerprint density at radius 2 is 2.30 bits per heavy atom. The summed E-state index contributed by atoms with van der Waals surface area (Å²) in [5.74, 6) is 1.13. The van der Waals surface area contributed by atoms with Gasteiger partial charge in [0.25, 0.3) is 0 Å². The van der Waals surface area contributed by atoms with E-state index >= 15 is 0 Å². The Bertz CT molecular complexity index is 442. The fourth-order valence-corrected chi connectivity index (χ4v) is 2.72. The van der Waals surface area contributed by atoms with Gasteiger partial charge >= 0.3 is 0 Å². The van der Waals surface area contributed by atoms with E-state index in [4.69, 9.17) is 4.74 Å².